The molecule has 1 aliphatic heterocycles. The van der Waals surface area contributed by atoms with E-state index in [0.717, 1.165) is 29.9 Å². The van der Waals surface area contributed by atoms with E-state index >= 15 is 0 Å². The molecule has 25 heavy (non-hydrogen) atoms. The summed E-state index contributed by atoms with van der Waals surface area (Å²) in [6.07, 6.45) is 0. The molecule has 0 aromatic heterocycles. The summed E-state index contributed by atoms with van der Waals surface area (Å²) in [4.78, 5) is 2.20. The number of nitriles is 1. The van der Waals surface area contributed by atoms with E-state index < -0.39 is 0 Å². The number of hydrogen-bond donors (Lipinski definition) is 1. The molecule has 1 aliphatic rings. The van der Waals surface area contributed by atoms with E-state index in [-0.39, 0.29) is 17.6 Å². The van der Waals surface area contributed by atoms with Gasteiger partial charge in [0.1, 0.15) is 23.2 Å². The minimum Gasteiger partial charge on any atom is -0.440 e. The number of halogens is 1. The summed E-state index contributed by atoms with van der Waals surface area (Å²) in [6.45, 7) is 5.94. The third-order valence-electron chi connectivity index (χ3n) is 4.53. The quantitative estimate of drug-likeness (QED) is 0.919. The van der Waals surface area contributed by atoms with Crippen molar-refractivity contribution < 1.29 is 9.13 Å². The molecule has 5 heteroatoms. The first-order valence-electron chi connectivity index (χ1n) is 8.31. The average molecular weight is 337 g/mol. The summed E-state index contributed by atoms with van der Waals surface area (Å²) in [7, 11) is 0. The third kappa shape index (κ3) is 3.03. The average Bonchev–Trinajstić information content (AvgIpc) is 2.62. The molecule has 2 aromatic rings. The largest absolute Gasteiger partial charge is 0.440 e. The van der Waals surface area contributed by atoms with Crippen molar-refractivity contribution in [2.75, 3.05) is 18.0 Å². The molecule has 2 N–H and O–H groups in total. The highest BCUT2D eigenvalue weighted by Crippen LogP contribution is 2.43. The Bertz CT molecular complexity index is 848. The molecule has 1 heterocycles. The lowest BCUT2D eigenvalue weighted by Gasteiger charge is -2.29. The molecular formula is C20H20FN3O. The van der Waals surface area contributed by atoms with Gasteiger partial charge in [-0.25, -0.2) is 4.39 Å². The molecule has 2 aromatic carbocycles. The van der Waals surface area contributed by atoms with Crippen LogP contribution in [0.5, 0.6) is 5.75 Å². The van der Waals surface area contributed by atoms with Crippen LogP contribution in [0.1, 0.15) is 30.9 Å². The Kier molecular flexibility index (Phi) is 4.62. The minimum atomic E-state index is -0.361. The number of nitrogens with two attached hydrogens (primary N) is 1. The van der Waals surface area contributed by atoms with E-state index in [0.29, 0.717) is 11.3 Å². The van der Waals surface area contributed by atoms with Gasteiger partial charge in [-0.15, -0.1) is 0 Å². The highest BCUT2D eigenvalue weighted by atomic mass is 19.1. The lowest BCUT2D eigenvalue weighted by Crippen LogP contribution is -2.24. The second-order valence-electron chi connectivity index (χ2n) is 5.87. The summed E-state index contributed by atoms with van der Waals surface area (Å²) in [5.41, 5.74) is 9.04. The predicted molar refractivity (Wildman–Crippen MR) is 95.7 cm³/mol. The number of benzene rings is 2. The molecule has 4 nitrogen and oxygen atoms in total. The van der Waals surface area contributed by atoms with Crippen LogP contribution in [0.3, 0.4) is 0 Å². The summed E-state index contributed by atoms with van der Waals surface area (Å²) < 4.78 is 19.0. The number of fused-ring (bicyclic) bond motifs is 1. The zero-order valence-corrected chi connectivity index (χ0v) is 14.3. The highest BCUT2D eigenvalue weighted by Gasteiger charge is 2.30. The molecule has 128 valence electrons. The van der Waals surface area contributed by atoms with Gasteiger partial charge in [0.25, 0.3) is 0 Å². The van der Waals surface area contributed by atoms with Gasteiger partial charge in [0.15, 0.2) is 0 Å². The van der Waals surface area contributed by atoms with Gasteiger partial charge in [0.05, 0.1) is 5.92 Å². The number of anilines is 1. The fourth-order valence-corrected chi connectivity index (χ4v) is 3.23. The minimum absolute atomic E-state index is 0.0982. The molecule has 0 unspecified atom stereocenters. The fourth-order valence-electron chi connectivity index (χ4n) is 3.23. The van der Waals surface area contributed by atoms with Crippen molar-refractivity contribution in [3.8, 4) is 11.8 Å². The summed E-state index contributed by atoms with van der Waals surface area (Å²) in [6, 6.07) is 14.2. The number of allylic oxidation sites excluding steroid dienone is 1. The Morgan fingerprint density at radius 2 is 1.84 bits per heavy atom. The van der Waals surface area contributed by atoms with Gasteiger partial charge in [-0.1, -0.05) is 18.2 Å². The van der Waals surface area contributed by atoms with Crippen LogP contribution in [0.15, 0.2) is 53.9 Å². The van der Waals surface area contributed by atoms with E-state index in [1.54, 1.807) is 12.1 Å². The SMILES string of the molecule is CCN(CC)c1ccc2c(c1)OC(N)=C(C#N)[C@H]2c1ccc(F)cc1. The normalized spacial score (nSPS) is 16.0. The smallest absolute Gasteiger partial charge is 0.205 e. The van der Waals surface area contributed by atoms with Crippen LogP contribution in [-0.2, 0) is 0 Å². The molecule has 0 saturated carbocycles. The van der Waals surface area contributed by atoms with Crippen molar-refractivity contribution in [1.29, 1.82) is 5.26 Å². The molecule has 0 fully saturated rings. The predicted octanol–water partition coefficient (Wildman–Crippen LogP) is 3.89. The molecule has 0 bridgehead atoms. The Balaban J connectivity index is 2.12. The Morgan fingerprint density at radius 3 is 2.44 bits per heavy atom. The van der Waals surface area contributed by atoms with Crippen LogP contribution in [0.4, 0.5) is 10.1 Å². The van der Waals surface area contributed by atoms with Gasteiger partial charge in [-0.2, -0.15) is 5.26 Å². The fraction of sp³-hybridized carbons (Fsp3) is 0.250. The van der Waals surface area contributed by atoms with Crippen molar-refractivity contribution >= 4 is 5.69 Å². The first-order valence-corrected chi connectivity index (χ1v) is 8.31. The molecule has 0 radical (unpaired) electrons. The zero-order chi connectivity index (χ0) is 18.0. The first kappa shape index (κ1) is 16.8. The number of rotatable bonds is 4. The molecular weight excluding hydrogens is 317 g/mol. The second-order valence-corrected chi connectivity index (χ2v) is 5.87. The van der Waals surface area contributed by atoms with Crippen molar-refractivity contribution in [3.05, 3.63) is 70.9 Å². The van der Waals surface area contributed by atoms with E-state index in [1.807, 2.05) is 18.2 Å². The Labute approximate surface area is 146 Å². The van der Waals surface area contributed by atoms with Gasteiger partial charge in [-0.05, 0) is 37.6 Å². The summed E-state index contributed by atoms with van der Waals surface area (Å²) in [5, 5.41) is 9.54. The van der Waals surface area contributed by atoms with E-state index in [9.17, 15) is 9.65 Å². The highest BCUT2D eigenvalue weighted by molar-refractivity contribution is 5.61. The van der Waals surface area contributed by atoms with Gasteiger partial charge in [0.2, 0.25) is 5.88 Å². The molecule has 0 amide bonds. The standard InChI is InChI=1S/C20H20FN3O/c1-3-24(4-2)15-9-10-16-18(11-15)25-20(23)17(12-22)19(16)13-5-7-14(21)8-6-13/h5-11,19H,3-4,23H2,1-2H3/t19-/m0/s1. The van der Waals surface area contributed by atoms with Crippen LogP contribution in [0.2, 0.25) is 0 Å². The van der Waals surface area contributed by atoms with Crippen LogP contribution in [-0.4, -0.2) is 13.1 Å². The molecule has 0 spiro atoms. The Hall–Kier alpha value is -3.00. The number of hydrogen-bond acceptors (Lipinski definition) is 4. The maximum atomic E-state index is 13.3. The number of ether oxygens (including phenoxy) is 1. The molecule has 3 rings (SSSR count). The first-order chi connectivity index (χ1) is 12.1. The van der Waals surface area contributed by atoms with Crippen LogP contribution in [0, 0.1) is 17.1 Å². The summed E-state index contributed by atoms with van der Waals surface area (Å²) >= 11 is 0. The topological polar surface area (TPSA) is 62.3 Å². The number of nitrogens with zero attached hydrogens (tertiary/aromatic N) is 2. The van der Waals surface area contributed by atoms with E-state index in [1.165, 1.54) is 12.1 Å². The van der Waals surface area contributed by atoms with Crippen molar-refractivity contribution in [3.63, 3.8) is 0 Å². The zero-order valence-electron chi connectivity index (χ0n) is 14.3. The third-order valence-corrected chi connectivity index (χ3v) is 4.53. The lowest BCUT2D eigenvalue weighted by molar-refractivity contribution is 0.393. The molecule has 1 atom stereocenters. The van der Waals surface area contributed by atoms with Crippen LogP contribution >= 0.6 is 0 Å². The van der Waals surface area contributed by atoms with Crippen molar-refractivity contribution in [2.24, 2.45) is 5.73 Å². The van der Waals surface area contributed by atoms with Gasteiger partial charge >= 0.3 is 0 Å². The van der Waals surface area contributed by atoms with E-state index in [4.69, 9.17) is 10.5 Å². The van der Waals surface area contributed by atoms with E-state index in [2.05, 4.69) is 24.8 Å². The molecule has 0 aliphatic carbocycles. The van der Waals surface area contributed by atoms with Crippen LogP contribution in [0.25, 0.3) is 0 Å². The van der Waals surface area contributed by atoms with Crippen molar-refractivity contribution in [2.45, 2.75) is 19.8 Å². The summed E-state index contributed by atoms with van der Waals surface area (Å²) in [5.74, 6) is 0.0553. The van der Waals surface area contributed by atoms with Gasteiger partial charge < -0.3 is 15.4 Å². The maximum Gasteiger partial charge on any atom is 0.205 e. The van der Waals surface area contributed by atoms with Gasteiger partial charge in [0, 0.05) is 30.4 Å². The van der Waals surface area contributed by atoms with Gasteiger partial charge in [-0.3, -0.25) is 0 Å². The maximum absolute atomic E-state index is 13.3. The van der Waals surface area contributed by atoms with Crippen molar-refractivity contribution in [1.82, 2.24) is 0 Å². The monoisotopic (exact) mass is 337 g/mol. The Morgan fingerprint density at radius 1 is 1.16 bits per heavy atom. The second kappa shape index (κ2) is 6.86. The molecule has 0 saturated heterocycles. The van der Waals surface area contributed by atoms with Crippen LogP contribution < -0.4 is 15.4 Å². The lowest BCUT2D eigenvalue weighted by atomic mass is 9.83.